The van der Waals surface area contributed by atoms with E-state index in [2.05, 4.69) is 22.1 Å². The molecule has 3 aromatic rings. The third-order valence-electron chi connectivity index (χ3n) is 3.30. The molecule has 0 N–H and O–H groups in total. The topological polar surface area (TPSA) is 78.3 Å². The van der Waals surface area contributed by atoms with Gasteiger partial charge in [0.05, 0.1) is 30.1 Å². The van der Waals surface area contributed by atoms with Gasteiger partial charge in [0.15, 0.2) is 0 Å². The molecule has 2 heterocycles. The number of imidazole rings is 1. The van der Waals surface area contributed by atoms with E-state index in [1.54, 1.807) is 12.3 Å². The standard InChI is InChI=1S/C16H11N5/c17-8-7-16-20-13-5-1-2-6-15(13)21(16)11-12-4-3-9-19-14(12)10-18/h1-6,9H,7,11H2. The monoisotopic (exact) mass is 273 g/mol. The zero-order valence-electron chi connectivity index (χ0n) is 11.2. The van der Waals surface area contributed by atoms with E-state index in [1.165, 1.54) is 0 Å². The van der Waals surface area contributed by atoms with Gasteiger partial charge in [0.25, 0.3) is 0 Å². The molecular weight excluding hydrogens is 262 g/mol. The predicted molar refractivity (Wildman–Crippen MR) is 77.1 cm³/mol. The number of benzene rings is 1. The van der Waals surface area contributed by atoms with Gasteiger partial charge in [-0.1, -0.05) is 18.2 Å². The van der Waals surface area contributed by atoms with Crippen molar-refractivity contribution in [3.63, 3.8) is 0 Å². The maximum atomic E-state index is 9.14. The summed E-state index contributed by atoms with van der Waals surface area (Å²) in [4.78, 5) is 8.56. The van der Waals surface area contributed by atoms with Crippen molar-refractivity contribution in [2.45, 2.75) is 13.0 Å². The van der Waals surface area contributed by atoms with Gasteiger partial charge in [-0.15, -0.1) is 0 Å². The first-order valence-electron chi connectivity index (χ1n) is 6.48. The normalized spacial score (nSPS) is 10.2. The van der Waals surface area contributed by atoms with Gasteiger partial charge < -0.3 is 4.57 Å². The summed E-state index contributed by atoms with van der Waals surface area (Å²) in [6.45, 7) is 0.480. The molecular formula is C16H11N5. The molecule has 0 saturated heterocycles. The third kappa shape index (κ3) is 2.33. The Morgan fingerprint density at radius 2 is 1.95 bits per heavy atom. The minimum atomic E-state index is 0.233. The van der Waals surface area contributed by atoms with E-state index in [0.717, 1.165) is 16.6 Å². The van der Waals surface area contributed by atoms with Gasteiger partial charge in [-0.3, -0.25) is 0 Å². The number of hydrogen-bond donors (Lipinski definition) is 0. The van der Waals surface area contributed by atoms with Crippen molar-refractivity contribution in [1.29, 1.82) is 10.5 Å². The lowest BCUT2D eigenvalue weighted by Crippen LogP contribution is -2.07. The number of aromatic nitrogens is 3. The van der Waals surface area contributed by atoms with E-state index in [-0.39, 0.29) is 6.42 Å². The Labute approximate surface area is 121 Å². The largest absolute Gasteiger partial charge is 0.323 e. The second kappa shape index (κ2) is 5.44. The Hall–Kier alpha value is -3.18. The summed E-state index contributed by atoms with van der Waals surface area (Å²) in [6.07, 6.45) is 1.83. The molecule has 0 fully saturated rings. The highest BCUT2D eigenvalue weighted by Crippen LogP contribution is 2.19. The van der Waals surface area contributed by atoms with Crippen LogP contribution in [0.5, 0.6) is 0 Å². The summed E-state index contributed by atoms with van der Waals surface area (Å²) < 4.78 is 1.97. The summed E-state index contributed by atoms with van der Waals surface area (Å²) >= 11 is 0. The Bertz CT molecular complexity index is 880. The van der Waals surface area contributed by atoms with Crippen LogP contribution >= 0.6 is 0 Å². The highest BCUT2D eigenvalue weighted by atomic mass is 15.1. The lowest BCUT2D eigenvalue weighted by molar-refractivity contribution is 0.764. The van der Waals surface area contributed by atoms with Crippen molar-refractivity contribution < 1.29 is 0 Å². The van der Waals surface area contributed by atoms with Gasteiger partial charge in [0.2, 0.25) is 0 Å². The molecule has 0 aliphatic heterocycles. The minimum absolute atomic E-state index is 0.233. The number of nitriles is 2. The van der Waals surface area contributed by atoms with Crippen molar-refractivity contribution in [1.82, 2.24) is 14.5 Å². The van der Waals surface area contributed by atoms with E-state index in [4.69, 9.17) is 10.5 Å². The maximum absolute atomic E-state index is 9.14. The fraction of sp³-hybridized carbons (Fsp3) is 0.125. The quantitative estimate of drug-likeness (QED) is 0.734. The summed E-state index contributed by atoms with van der Waals surface area (Å²) in [7, 11) is 0. The van der Waals surface area contributed by atoms with E-state index >= 15 is 0 Å². The predicted octanol–water partition coefficient (Wildman–Crippen LogP) is 2.42. The van der Waals surface area contributed by atoms with Crippen molar-refractivity contribution in [2.24, 2.45) is 0 Å². The average Bonchev–Trinajstić information content (AvgIpc) is 2.86. The van der Waals surface area contributed by atoms with Crippen LogP contribution in [0.15, 0.2) is 42.6 Å². The van der Waals surface area contributed by atoms with Crippen LogP contribution in [0.25, 0.3) is 11.0 Å². The average molecular weight is 273 g/mol. The fourth-order valence-electron chi connectivity index (χ4n) is 2.34. The van der Waals surface area contributed by atoms with Crippen molar-refractivity contribution in [2.75, 3.05) is 0 Å². The van der Waals surface area contributed by atoms with Gasteiger partial charge in [-0.05, 0) is 18.2 Å². The first-order valence-corrected chi connectivity index (χ1v) is 6.48. The molecule has 0 aliphatic carbocycles. The first kappa shape index (κ1) is 12.8. The summed E-state index contributed by atoms with van der Waals surface area (Å²) in [6, 6.07) is 15.6. The number of pyridine rings is 1. The molecule has 0 atom stereocenters. The Morgan fingerprint density at radius 3 is 2.76 bits per heavy atom. The van der Waals surface area contributed by atoms with Crippen LogP contribution in [0.1, 0.15) is 17.1 Å². The number of fused-ring (bicyclic) bond motifs is 1. The molecule has 0 bridgehead atoms. The number of para-hydroxylation sites is 2. The van der Waals surface area contributed by atoms with Crippen molar-refractivity contribution >= 4 is 11.0 Å². The van der Waals surface area contributed by atoms with Crippen molar-refractivity contribution in [3.8, 4) is 12.1 Å². The minimum Gasteiger partial charge on any atom is -0.323 e. The molecule has 2 aromatic heterocycles. The number of nitrogens with zero attached hydrogens (tertiary/aromatic N) is 5. The molecule has 100 valence electrons. The smallest absolute Gasteiger partial charge is 0.145 e. The molecule has 0 radical (unpaired) electrons. The van der Waals surface area contributed by atoms with E-state index in [9.17, 15) is 0 Å². The van der Waals surface area contributed by atoms with E-state index in [0.29, 0.717) is 18.1 Å². The number of hydrogen-bond acceptors (Lipinski definition) is 4. The molecule has 0 aliphatic rings. The van der Waals surface area contributed by atoms with Gasteiger partial charge >= 0.3 is 0 Å². The summed E-state index contributed by atoms with van der Waals surface area (Å²) in [5.41, 5.74) is 3.03. The van der Waals surface area contributed by atoms with Gasteiger partial charge in [0.1, 0.15) is 17.6 Å². The third-order valence-corrected chi connectivity index (χ3v) is 3.30. The molecule has 0 saturated carbocycles. The lowest BCUT2D eigenvalue weighted by atomic mass is 10.2. The van der Waals surface area contributed by atoms with Crippen LogP contribution < -0.4 is 0 Å². The first-order chi connectivity index (χ1) is 10.3. The van der Waals surface area contributed by atoms with Crippen LogP contribution in [-0.4, -0.2) is 14.5 Å². The summed E-state index contributed by atoms with van der Waals surface area (Å²) in [5.74, 6) is 0.700. The van der Waals surface area contributed by atoms with E-state index < -0.39 is 0 Å². The highest BCUT2D eigenvalue weighted by molar-refractivity contribution is 5.76. The Kier molecular flexibility index (Phi) is 3.32. The molecule has 1 aromatic carbocycles. The van der Waals surface area contributed by atoms with E-state index in [1.807, 2.05) is 34.9 Å². The molecule has 5 nitrogen and oxygen atoms in total. The molecule has 21 heavy (non-hydrogen) atoms. The van der Waals surface area contributed by atoms with Crippen LogP contribution in [-0.2, 0) is 13.0 Å². The van der Waals surface area contributed by atoms with Gasteiger partial charge in [-0.25, -0.2) is 9.97 Å². The zero-order valence-corrected chi connectivity index (χ0v) is 11.2. The van der Waals surface area contributed by atoms with Crippen LogP contribution in [0.3, 0.4) is 0 Å². The second-order valence-electron chi connectivity index (χ2n) is 4.56. The molecule has 0 spiro atoms. The summed E-state index contributed by atoms with van der Waals surface area (Å²) in [5, 5.41) is 18.1. The zero-order chi connectivity index (χ0) is 14.7. The molecule has 0 unspecified atom stereocenters. The maximum Gasteiger partial charge on any atom is 0.145 e. The Balaban J connectivity index is 2.13. The van der Waals surface area contributed by atoms with Gasteiger partial charge in [-0.2, -0.15) is 10.5 Å². The second-order valence-corrected chi connectivity index (χ2v) is 4.56. The highest BCUT2D eigenvalue weighted by Gasteiger charge is 2.12. The van der Waals surface area contributed by atoms with Gasteiger partial charge in [0, 0.05) is 11.8 Å². The van der Waals surface area contributed by atoms with Crippen LogP contribution in [0.4, 0.5) is 0 Å². The molecule has 3 rings (SSSR count). The SMILES string of the molecule is N#CCc1nc2ccccc2n1Cc1cccnc1C#N. The fourth-order valence-corrected chi connectivity index (χ4v) is 2.34. The Morgan fingerprint density at radius 1 is 1.10 bits per heavy atom. The molecule has 5 heteroatoms. The number of rotatable bonds is 3. The van der Waals surface area contributed by atoms with Crippen LogP contribution in [0, 0.1) is 22.7 Å². The molecule has 0 amide bonds. The van der Waals surface area contributed by atoms with Crippen LogP contribution in [0.2, 0.25) is 0 Å². The lowest BCUT2D eigenvalue weighted by Gasteiger charge is -2.08. The van der Waals surface area contributed by atoms with Crippen molar-refractivity contribution in [3.05, 3.63) is 59.7 Å².